The fourth-order valence-electron chi connectivity index (χ4n) is 1.82. The number of nitrogen functional groups attached to an aromatic ring is 1. The molecule has 1 fully saturated rings. The van der Waals surface area contributed by atoms with E-state index in [-0.39, 0.29) is 11.7 Å². The second-order valence-corrected chi connectivity index (χ2v) is 3.64. The van der Waals surface area contributed by atoms with Crippen molar-refractivity contribution in [3.05, 3.63) is 29.8 Å². The lowest BCUT2D eigenvalue weighted by Gasteiger charge is -2.08. The third kappa shape index (κ3) is 1.63. The minimum atomic E-state index is 0.111. The van der Waals surface area contributed by atoms with E-state index < -0.39 is 0 Å². The van der Waals surface area contributed by atoms with E-state index in [9.17, 15) is 4.79 Å². The molecule has 1 aliphatic heterocycles. The van der Waals surface area contributed by atoms with Gasteiger partial charge in [0.25, 0.3) is 0 Å². The van der Waals surface area contributed by atoms with E-state index in [1.54, 1.807) is 12.1 Å². The quantitative estimate of drug-likeness (QED) is 0.541. The van der Waals surface area contributed by atoms with E-state index in [1.165, 1.54) is 0 Å². The summed E-state index contributed by atoms with van der Waals surface area (Å²) < 4.78 is 0. The molecule has 14 heavy (non-hydrogen) atoms. The molecule has 3 heteroatoms. The van der Waals surface area contributed by atoms with E-state index in [1.807, 2.05) is 12.1 Å². The van der Waals surface area contributed by atoms with Gasteiger partial charge in [-0.1, -0.05) is 12.1 Å². The monoisotopic (exact) mass is 190 g/mol. The number of hydrogen-bond donors (Lipinski definition) is 2. The van der Waals surface area contributed by atoms with E-state index in [0.29, 0.717) is 11.3 Å². The molecule has 2 rings (SSSR count). The third-order valence-corrected chi connectivity index (χ3v) is 2.66. The Morgan fingerprint density at radius 2 is 2.21 bits per heavy atom. The first-order chi connectivity index (χ1) is 6.79. The summed E-state index contributed by atoms with van der Waals surface area (Å²) in [6.07, 6.45) is 0.924. The molecule has 0 aromatic heterocycles. The Bertz CT molecular complexity index is 343. The van der Waals surface area contributed by atoms with Crippen LogP contribution < -0.4 is 11.1 Å². The van der Waals surface area contributed by atoms with Crippen LogP contribution in [-0.2, 0) is 0 Å². The van der Waals surface area contributed by atoms with Gasteiger partial charge < -0.3 is 11.1 Å². The van der Waals surface area contributed by atoms with Crippen LogP contribution in [0.2, 0.25) is 0 Å². The average Bonchev–Trinajstić information content (AvgIpc) is 2.70. The number of carbonyl (C=O) groups excluding carboxylic acids is 1. The van der Waals surface area contributed by atoms with Crippen molar-refractivity contribution in [2.45, 2.75) is 6.42 Å². The maximum atomic E-state index is 11.9. The summed E-state index contributed by atoms with van der Waals surface area (Å²) in [6, 6.07) is 7.27. The topological polar surface area (TPSA) is 55.1 Å². The highest BCUT2D eigenvalue weighted by atomic mass is 16.1. The number of benzene rings is 1. The summed E-state index contributed by atoms with van der Waals surface area (Å²) in [5, 5.41) is 3.18. The molecule has 0 bridgehead atoms. The molecule has 0 amide bonds. The van der Waals surface area contributed by atoms with Gasteiger partial charge in [0.15, 0.2) is 5.78 Å². The highest BCUT2D eigenvalue weighted by Crippen LogP contribution is 2.19. The third-order valence-electron chi connectivity index (χ3n) is 2.66. The van der Waals surface area contributed by atoms with Crippen LogP contribution in [0.5, 0.6) is 0 Å². The average molecular weight is 190 g/mol. The zero-order valence-corrected chi connectivity index (χ0v) is 7.99. The van der Waals surface area contributed by atoms with Gasteiger partial charge in [0.05, 0.1) is 0 Å². The number of nitrogens with two attached hydrogens (primary N) is 1. The normalized spacial score (nSPS) is 21.0. The van der Waals surface area contributed by atoms with Gasteiger partial charge in [-0.05, 0) is 25.1 Å². The summed E-state index contributed by atoms with van der Waals surface area (Å²) in [5.74, 6) is 0.285. The van der Waals surface area contributed by atoms with Crippen molar-refractivity contribution < 1.29 is 4.79 Å². The molecule has 1 aromatic carbocycles. The molecular weight excluding hydrogens is 176 g/mol. The number of rotatable bonds is 2. The zero-order chi connectivity index (χ0) is 9.97. The number of nitrogens with one attached hydrogen (secondary N) is 1. The zero-order valence-electron chi connectivity index (χ0n) is 7.99. The number of ketones is 1. The lowest BCUT2D eigenvalue weighted by atomic mass is 9.96. The van der Waals surface area contributed by atoms with Crippen LogP contribution in [0.3, 0.4) is 0 Å². The van der Waals surface area contributed by atoms with Crippen LogP contribution in [-0.4, -0.2) is 18.9 Å². The van der Waals surface area contributed by atoms with Gasteiger partial charge in [-0.3, -0.25) is 4.79 Å². The Labute approximate surface area is 83.3 Å². The van der Waals surface area contributed by atoms with Crippen molar-refractivity contribution in [3.63, 3.8) is 0 Å². The molecule has 0 saturated carbocycles. The Hall–Kier alpha value is -1.35. The lowest BCUT2D eigenvalue weighted by Crippen LogP contribution is -2.18. The molecular formula is C11H14N2O. The maximum absolute atomic E-state index is 11.9. The smallest absolute Gasteiger partial charge is 0.169 e. The lowest BCUT2D eigenvalue weighted by molar-refractivity contribution is 0.0931. The van der Waals surface area contributed by atoms with Crippen LogP contribution in [0.1, 0.15) is 16.8 Å². The molecule has 74 valence electrons. The first kappa shape index (κ1) is 9.21. The molecule has 0 unspecified atom stereocenters. The number of anilines is 1. The minimum Gasteiger partial charge on any atom is -0.398 e. The van der Waals surface area contributed by atoms with E-state index >= 15 is 0 Å². The molecule has 1 atom stereocenters. The standard InChI is InChI=1S/C11H14N2O/c12-10-4-2-1-3-9(10)11(14)8-5-6-13-7-8/h1-4,8,13H,5-7,12H2/t8-/m1/s1. The van der Waals surface area contributed by atoms with Crippen LogP contribution in [0.15, 0.2) is 24.3 Å². The van der Waals surface area contributed by atoms with Crippen molar-refractivity contribution >= 4 is 11.5 Å². The molecule has 3 nitrogen and oxygen atoms in total. The highest BCUT2D eigenvalue weighted by Gasteiger charge is 2.24. The molecule has 1 aliphatic rings. The van der Waals surface area contributed by atoms with Gasteiger partial charge in [0, 0.05) is 23.7 Å². The van der Waals surface area contributed by atoms with Crippen molar-refractivity contribution in [1.29, 1.82) is 0 Å². The van der Waals surface area contributed by atoms with Crippen molar-refractivity contribution in [2.24, 2.45) is 5.92 Å². The number of Topliss-reactive ketones (excluding diaryl/α,β-unsaturated/α-hetero) is 1. The van der Waals surface area contributed by atoms with E-state index in [2.05, 4.69) is 5.32 Å². The first-order valence-electron chi connectivity index (χ1n) is 4.88. The Morgan fingerprint density at radius 1 is 1.43 bits per heavy atom. The number of hydrogen-bond acceptors (Lipinski definition) is 3. The summed E-state index contributed by atoms with van der Waals surface area (Å²) in [5.41, 5.74) is 7.00. The van der Waals surface area contributed by atoms with Crippen LogP contribution >= 0.6 is 0 Å². The SMILES string of the molecule is Nc1ccccc1C(=O)[C@@H]1CCNC1. The highest BCUT2D eigenvalue weighted by molar-refractivity contribution is 6.02. The molecule has 0 aliphatic carbocycles. The number of para-hydroxylation sites is 1. The summed E-state index contributed by atoms with van der Waals surface area (Å²) >= 11 is 0. The molecule has 1 aromatic rings. The Morgan fingerprint density at radius 3 is 2.86 bits per heavy atom. The molecule has 0 radical (unpaired) electrons. The summed E-state index contributed by atoms with van der Waals surface area (Å²) in [7, 11) is 0. The summed E-state index contributed by atoms with van der Waals surface area (Å²) in [4.78, 5) is 11.9. The van der Waals surface area contributed by atoms with Crippen molar-refractivity contribution in [1.82, 2.24) is 5.32 Å². The number of carbonyl (C=O) groups is 1. The summed E-state index contributed by atoms with van der Waals surface area (Å²) in [6.45, 7) is 1.72. The fraction of sp³-hybridized carbons (Fsp3) is 0.364. The minimum absolute atomic E-state index is 0.111. The predicted octanol–water partition coefficient (Wildman–Crippen LogP) is 1.06. The van der Waals surface area contributed by atoms with Gasteiger partial charge in [-0.15, -0.1) is 0 Å². The van der Waals surface area contributed by atoms with Crippen LogP contribution in [0, 0.1) is 5.92 Å². The second-order valence-electron chi connectivity index (χ2n) is 3.64. The Balaban J connectivity index is 2.22. The largest absolute Gasteiger partial charge is 0.398 e. The van der Waals surface area contributed by atoms with Gasteiger partial charge >= 0.3 is 0 Å². The first-order valence-corrected chi connectivity index (χ1v) is 4.88. The maximum Gasteiger partial charge on any atom is 0.169 e. The van der Waals surface area contributed by atoms with Gasteiger partial charge in [-0.2, -0.15) is 0 Å². The van der Waals surface area contributed by atoms with Crippen molar-refractivity contribution in [2.75, 3.05) is 18.8 Å². The van der Waals surface area contributed by atoms with Crippen LogP contribution in [0.4, 0.5) is 5.69 Å². The van der Waals surface area contributed by atoms with Gasteiger partial charge in [0.1, 0.15) is 0 Å². The predicted molar refractivity (Wildman–Crippen MR) is 56.2 cm³/mol. The Kier molecular flexibility index (Phi) is 2.50. The molecule has 3 N–H and O–H groups in total. The van der Waals surface area contributed by atoms with E-state index in [4.69, 9.17) is 5.73 Å². The van der Waals surface area contributed by atoms with E-state index in [0.717, 1.165) is 19.5 Å². The van der Waals surface area contributed by atoms with Gasteiger partial charge in [0.2, 0.25) is 0 Å². The second kappa shape index (κ2) is 3.80. The molecule has 1 saturated heterocycles. The molecule has 1 heterocycles. The van der Waals surface area contributed by atoms with Gasteiger partial charge in [-0.25, -0.2) is 0 Å². The van der Waals surface area contributed by atoms with Crippen molar-refractivity contribution in [3.8, 4) is 0 Å². The molecule has 0 spiro atoms. The van der Waals surface area contributed by atoms with Crippen LogP contribution in [0.25, 0.3) is 0 Å². The fourth-order valence-corrected chi connectivity index (χ4v) is 1.82.